The third-order valence-corrected chi connectivity index (χ3v) is 4.79. The van der Waals surface area contributed by atoms with Gasteiger partial charge in [0.25, 0.3) is 0 Å². The van der Waals surface area contributed by atoms with Gasteiger partial charge in [-0.2, -0.15) is 4.31 Å². The molecule has 1 aliphatic rings. The van der Waals surface area contributed by atoms with Crippen molar-refractivity contribution in [2.75, 3.05) is 37.3 Å². The summed E-state index contributed by atoms with van der Waals surface area (Å²) in [7, 11) is -3.08. The summed E-state index contributed by atoms with van der Waals surface area (Å²) in [6.07, 6.45) is 4.91. The summed E-state index contributed by atoms with van der Waals surface area (Å²) in [5, 5.41) is 1.08. The smallest absolute Gasteiger partial charge is 0.211 e. The van der Waals surface area contributed by atoms with Gasteiger partial charge in [-0.3, -0.25) is 0 Å². The van der Waals surface area contributed by atoms with E-state index in [0.717, 1.165) is 16.7 Å². The van der Waals surface area contributed by atoms with Crippen molar-refractivity contribution >= 4 is 26.7 Å². The predicted molar refractivity (Wildman–Crippen MR) is 74.7 cm³/mol. The van der Waals surface area contributed by atoms with E-state index < -0.39 is 10.0 Å². The maximum absolute atomic E-state index is 11.5. The Morgan fingerprint density at radius 1 is 1.21 bits per heavy atom. The molecule has 102 valence electrons. The second-order valence-corrected chi connectivity index (χ2v) is 6.70. The second-order valence-electron chi connectivity index (χ2n) is 4.72. The van der Waals surface area contributed by atoms with E-state index >= 15 is 0 Å². The number of hydrogen-bond acceptors (Lipinski definition) is 4. The van der Waals surface area contributed by atoms with Gasteiger partial charge in [0.05, 0.1) is 6.26 Å². The molecule has 0 bridgehead atoms. The number of sulfonamides is 1. The van der Waals surface area contributed by atoms with Crippen molar-refractivity contribution in [3.05, 3.63) is 24.5 Å². The first-order valence-electron chi connectivity index (χ1n) is 6.18. The van der Waals surface area contributed by atoms with Gasteiger partial charge < -0.3 is 9.88 Å². The van der Waals surface area contributed by atoms with E-state index in [9.17, 15) is 8.42 Å². The molecule has 0 unspecified atom stereocenters. The lowest BCUT2D eigenvalue weighted by molar-refractivity contribution is 0.388. The summed E-state index contributed by atoms with van der Waals surface area (Å²) in [5.74, 6) is 0. The molecule has 0 amide bonds. The number of rotatable bonds is 2. The van der Waals surface area contributed by atoms with Crippen LogP contribution in [0.5, 0.6) is 0 Å². The minimum absolute atomic E-state index is 0.535. The largest absolute Gasteiger partial charge is 0.368 e. The maximum Gasteiger partial charge on any atom is 0.211 e. The van der Waals surface area contributed by atoms with Gasteiger partial charge in [-0.1, -0.05) is 0 Å². The van der Waals surface area contributed by atoms with Crippen LogP contribution in [-0.4, -0.2) is 55.1 Å². The first kappa shape index (κ1) is 12.4. The van der Waals surface area contributed by atoms with Gasteiger partial charge in [-0.05, 0) is 12.1 Å². The van der Waals surface area contributed by atoms with Gasteiger partial charge in [0.2, 0.25) is 10.0 Å². The predicted octanol–water partition coefficient (Wildman–Crippen LogP) is 0.644. The Hall–Kier alpha value is -1.60. The van der Waals surface area contributed by atoms with E-state index in [2.05, 4.69) is 14.9 Å². The van der Waals surface area contributed by atoms with E-state index in [-0.39, 0.29) is 0 Å². The molecule has 3 heterocycles. The normalized spacial score (nSPS) is 18.1. The molecule has 0 aliphatic carbocycles. The van der Waals surface area contributed by atoms with E-state index in [1.807, 2.05) is 18.3 Å². The van der Waals surface area contributed by atoms with E-state index in [1.54, 1.807) is 6.20 Å². The van der Waals surface area contributed by atoms with Crippen LogP contribution >= 0.6 is 0 Å². The SMILES string of the molecule is CS(=O)(=O)N1CCN(c2ccnc3[nH]ccc23)CC1. The number of hydrogen-bond donors (Lipinski definition) is 1. The van der Waals surface area contributed by atoms with Crippen molar-refractivity contribution in [2.24, 2.45) is 0 Å². The molecule has 1 aliphatic heterocycles. The fourth-order valence-electron chi connectivity index (χ4n) is 2.48. The molecule has 0 atom stereocenters. The summed E-state index contributed by atoms with van der Waals surface area (Å²) >= 11 is 0. The van der Waals surface area contributed by atoms with Crippen LogP contribution in [0.1, 0.15) is 0 Å². The minimum atomic E-state index is -3.08. The van der Waals surface area contributed by atoms with E-state index in [1.165, 1.54) is 10.6 Å². The fourth-order valence-corrected chi connectivity index (χ4v) is 3.31. The van der Waals surface area contributed by atoms with Crippen LogP contribution in [0.3, 0.4) is 0 Å². The maximum atomic E-state index is 11.5. The Labute approximate surface area is 112 Å². The molecule has 19 heavy (non-hydrogen) atoms. The lowest BCUT2D eigenvalue weighted by Gasteiger charge is -2.34. The Kier molecular flexibility index (Phi) is 2.94. The van der Waals surface area contributed by atoms with Crippen molar-refractivity contribution in [1.29, 1.82) is 0 Å². The number of aromatic amines is 1. The Morgan fingerprint density at radius 2 is 1.95 bits per heavy atom. The fraction of sp³-hybridized carbons (Fsp3) is 0.417. The lowest BCUT2D eigenvalue weighted by Crippen LogP contribution is -2.48. The standard InChI is InChI=1S/C12H16N4O2S/c1-19(17,18)16-8-6-15(7-9-16)11-3-5-14-12-10(11)2-4-13-12/h2-5H,6-9H2,1H3,(H,13,14). The summed E-state index contributed by atoms with van der Waals surface area (Å²) < 4.78 is 24.5. The topological polar surface area (TPSA) is 69.3 Å². The summed E-state index contributed by atoms with van der Waals surface area (Å²) in [5.41, 5.74) is 1.97. The third-order valence-electron chi connectivity index (χ3n) is 3.49. The number of nitrogens with one attached hydrogen (secondary N) is 1. The van der Waals surface area contributed by atoms with Gasteiger partial charge in [0.1, 0.15) is 5.65 Å². The average molecular weight is 280 g/mol. The molecular formula is C12H16N4O2S. The first-order chi connectivity index (χ1) is 9.05. The Balaban J connectivity index is 1.84. The number of nitrogens with zero attached hydrogens (tertiary/aromatic N) is 3. The Bertz CT molecular complexity index is 687. The first-order valence-corrected chi connectivity index (χ1v) is 8.03. The Morgan fingerprint density at radius 3 is 2.63 bits per heavy atom. The minimum Gasteiger partial charge on any atom is -0.368 e. The summed E-state index contributed by atoms with van der Waals surface area (Å²) in [6.45, 7) is 2.48. The van der Waals surface area contributed by atoms with Crippen molar-refractivity contribution in [2.45, 2.75) is 0 Å². The van der Waals surface area contributed by atoms with E-state index in [4.69, 9.17) is 0 Å². The number of pyridine rings is 1. The molecule has 0 radical (unpaired) electrons. The van der Waals surface area contributed by atoms with Gasteiger partial charge in [-0.15, -0.1) is 0 Å². The van der Waals surface area contributed by atoms with E-state index in [0.29, 0.717) is 26.2 Å². The third kappa shape index (κ3) is 2.31. The zero-order valence-electron chi connectivity index (χ0n) is 10.7. The van der Waals surface area contributed by atoms with Crippen molar-refractivity contribution in [1.82, 2.24) is 14.3 Å². The van der Waals surface area contributed by atoms with Gasteiger partial charge in [-0.25, -0.2) is 13.4 Å². The molecule has 2 aromatic rings. The van der Waals surface area contributed by atoms with Gasteiger partial charge in [0, 0.05) is 49.6 Å². The molecular weight excluding hydrogens is 264 g/mol. The van der Waals surface area contributed by atoms with Crippen LogP contribution in [-0.2, 0) is 10.0 Å². The molecule has 6 nitrogen and oxygen atoms in total. The molecule has 0 saturated carbocycles. The number of aromatic nitrogens is 2. The van der Waals surface area contributed by atoms with Crippen LogP contribution < -0.4 is 4.90 Å². The lowest BCUT2D eigenvalue weighted by atomic mass is 10.2. The highest BCUT2D eigenvalue weighted by molar-refractivity contribution is 7.88. The second kappa shape index (κ2) is 4.50. The molecule has 0 spiro atoms. The molecule has 0 aromatic carbocycles. The molecule has 1 saturated heterocycles. The van der Waals surface area contributed by atoms with Crippen LogP contribution in [0.15, 0.2) is 24.5 Å². The highest BCUT2D eigenvalue weighted by Gasteiger charge is 2.24. The van der Waals surface area contributed by atoms with Crippen LogP contribution in [0, 0.1) is 0 Å². The van der Waals surface area contributed by atoms with Gasteiger partial charge >= 0.3 is 0 Å². The number of H-pyrrole nitrogens is 1. The highest BCUT2D eigenvalue weighted by atomic mass is 32.2. The van der Waals surface area contributed by atoms with Gasteiger partial charge in [0.15, 0.2) is 0 Å². The van der Waals surface area contributed by atoms with Crippen LogP contribution in [0.2, 0.25) is 0 Å². The van der Waals surface area contributed by atoms with Crippen LogP contribution in [0.25, 0.3) is 11.0 Å². The number of piperazine rings is 1. The van der Waals surface area contributed by atoms with Crippen LogP contribution in [0.4, 0.5) is 5.69 Å². The quantitative estimate of drug-likeness (QED) is 0.876. The van der Waals surface area contributed by atoms with Crippen molar-refractivity contribution < 1.29 is 8.42 Å². The summed E-state index contributed by atoms with van der Waals surface area (Å²) in [4.78, 5) is 9.56. The number of fused-ring (bicyclic) bond motifs is 1. The average Bonchev–Trinajstić information content (AvgIpc) is 2.86. The molecule has 3 rings (SSSR count). The zero-order valence-corrected chi connectivity index (χ0v) is 11.5. The summed E-state index contributed by atoms with van der Waals surface area (Å²) in [6, 6.07) is 3.98. The van der Waals surface area contributed by atoms with Crippen molar-refractivity contribution in [3.63, 3.8) is 0 Å². The highest BCUT2D eigenvalue weighted by Crippen LogP contribution is 2.25. The molecule has 2 aromatic heterocycles. The van der Waals surface area contributed by atoms with Crippen molar-refractivity contribution in [3.8, 4) is 0 Å². The monoisotopic (exact) mass is 280 g/mol. The number of anilines is 1. The molecule has 1 N–H and O–H groups in total. The molecule has 1 fully saturated rings. The zero-order chi connectivity index (χ0) is 13.5. The molecule has 7 heteroatoms.